The summed E-state index contributed by atoms with van der Waals surface area (Å²) < 4.78 is 15.8. The summed E-state index contributed by atoms with van der Waals surface area (Å²) in [5.41, 5.74) is 6.62. The van der Waals surface area contributed by atoms with Crippen LogP contribution in [0.1, 0.15) is 64.3 Å². The van der Waals surface area contributed by atoms with Gasteiger partial charge in [-0.05, 0) is 63.5 Å². The number of aromatic nitrogens is 4. The molecular weight excluding hydrogens is 520 g/mol. The van der Waals surface area contributed by atoms with Crippen molar-refractivity contribution in [2.75, 3.05) is 10.6 Å². The third-order valence-electron chi connectivity index (χ3n) is 7.67. The Bertz CT molecular complexity index is 1300. The molecule has 2 aliphatic rings. The lowest BCUT2D eigenvalue weighted by molar-refractivity contribution is -0.128. The number of primary amides is 1. The zero-order valence-corrected chi connectivity index (χ0v) is 22.0. The summed E-state index contributed by atoms with van der Waals surface area (Å²) in [7, 11) is 0. The van der Waals surface area contributed by atoms with Gasteiger partial charge >= 0.3 is 0 Å². The number of nitrogens with zero attached hydrogens (tertiary/aromatic N) is 4. The van der Waals surface area contributed by atoms with Gasteiger partial charge in [-0.1, -0.05) is 30.1 Å². The Kier molecular flexibility index (Phi) is 7.17. The summed E-state index contributed by atoms with van der Waals surface area (Å²) in [5, 5.41) is 16.8. The number of aliphatic hydroxyl groups is 1. The zero-order chi connectivity index (χ0) is 26.3. The lowest BCUT2D eigenvalue weighted by atomic mass is 9.73. The molecule has 5 rings (SSSR count). The van der Waals surface area contributed by atoms with Gasteiger partial charge in [0, 0.05) is 17.5 Å². The molecule has 5 N–H and O–H groups in total. The number of aliphatic hydroxyl groups excluding tert-OH is 1. The van der Waals surface area contributed by atoms with E-state index in [-0.39, 0.29) is 34.1 Å². The molecule has 2 atom stereocenters. The van der Waals surface area contributed by atoms with E-state index in [2.05, 4.69) is 15.6 Å². The molecule has 0 aliphatic heterocycles. The number of hydrogen-bond acceptors (Lipinski definition) is 7. The molecule has 37 heavy (non-hydrogen) atoms. The molecule has 0 unspecified atom stereocenters. The van der Waals surface area contributed by atoms with Gasteiger partial charge in [0.2, 0.25) is 17.8 Å². The quantitative estimate of drug-likeness (QED) is 0.326. The highest BCUT2D eigenvalue weighted by atomic mass is 35.5. The second-order valence-electron chi connectivity index (χ2n) is 10.4. The van der Waals surface area contributed by atoms with Crippen LogP contribution in [-0.2, 0) is 4.79 Å². The topological polar surface area (TPSA) is 131 Å². The van der Waals surface area contributed by atoms with Crippen LogP contribution in [0.2, 0.25) is 10.0 Å². The first kappa shape index (κ1) is 25.9. The minimum absolute atomic E-state index is 0.0304. The zero-order valence-electron chi connectivity index (χ0n) is 20.5. The third-order valence-corrected chi connectivity index (χ3v) is 8.27. The highest BCUT2D eigenvalue weighted by molar-refractivity contribution is 6.39. The van der Waals surface area contributed by atoms with Gasteiger partial charge in [-0.3, -0.25) is 9.36 Å². The van der Waals surface area contributed by atoms with Crippen LogP contribution in [0.25, 0.3) is 11.2 Å². The summed E-state index contributed by atoms with van der Waals surface area (Å²) in [6.45, 7) is 1.90. The van der Waals surface area contributed by atoms with E-state index in [0.717, 1.165) is 19.3 Å². The highest BCUT2D eigenvalue weighted by Gasteiger charge is 2.38. The van der Waals surface area contributed by atoms with Crippen molar-refractivity contribution < 1.29 is 14.3 Å². The Labute approximate surface area is 224 Å². The van der Waals surface area contributed by atoms with Crippen molar-refractivity contribution in [3.05, 3.63) is 34.2 Å². The van der Waals surface area contributed by atoms with Crippen LogP contribution < -0.4 is 16.4 Å². The minimum Gasteiger partial charge on any atom is -0.393 e. The first-order valence-corrected chi connectivity index (χ1v) is 13.3. The van der Waals surface area contributed by atoms with Gasteiger partial charge in [0.1, 0.15) is 11.3 Å². The molecule has 0 radical (unpaired) electrons. The lowest BCUT2D eigenvalue weighted by Gasteiger charge is -2.35. The Morgan fingerprint density at radius 2 is 1.89 bits per heavy atom. The van der Waals surface area contributed by atoms with Crippen molar-refractivity contribution in [1.29, 1.82) is 0 Å². The molecule has 198 valence electrons. The van der Waals surface area contributed by atoms with Crippen molar-refractivity contribution in [1.82, 2.24) is 19.5 Å². The fourth-order valence-corrected chi connectivity index (χ4v) is 5.94. The maximum absolute atomic E-state index is 13.8. The minimum atomic E-state index is -0.562. The molecule has 1 amide bonds. The van der Waals surface area contributed by atoms with E-state index < -0.39 is 11.2 Å². The number of amides is 1. The molecule has 2 heterocycles. The van der Waals surface area contributed by atoms with Crippen molar-refractivity contribution in [3.63, 3.8) is 0 Å². The van der Waals surface area contributed by atoms with Crippen molar-refractivity contribution in [2.24, 2.45) is 11.1 Å². The van der Waals surface area contributed by atoms with Crippen LogP contribution in [0, 0.1) is 11.2 Å². The second kappa shape index (κ2) is 10.2. The van der Waals surface area contributed by atoms with Gasteiger partial charge < -0.3 is 21.5 Å². The molecule has 2 saturated carbocycles. The lowest BCUT2D eigenvalue weighted by Crippen LogP contribution is -2.38. The van der Waals surface area contributed by atoms with Crippen LogP contribution in [0.4, 0.5) is 22.0 Å². The smallest absolute Gasteiger partial charge is 0.224 e. The number of carbonyl (C=O) groups is 1. The summed E-state index contributed by atoms with van der Waals surface area (Å²) in [6, 6.07) is 2.42. The first-order valence-electron chi connectivity index (χ1n) is 12.5. The van der Waals surface area contributed by atoms with Crippen LogP contribution in [0.5, 0.6) is 0 Å². The standard InChI is InChI=1S/C25H30Cl2FN7O2/c1-25(22(29)37)7-5-15(6-8-25)35-21-19(12-30-23(34-21)31-14-3-2-4-16(36)11-14)32-24(35)33-20-17(26)9-13(28)10-18(20)27/h9-10,12,14-16,36H,2-8,11H2,1H3,(H2,29,37)(H,32,33)(H,30,31,34)/t14-,15-,16+,25-/m0/s1. The number of hydrogen-bond donors (Lipinski definition) is 4. The number of fused-ring (bicyclic) bond motifs is 1. The van der Waals surface area contributed by atoms with E-state index in [1.54, 1.807) is 6.20 Å². The molecule has 3 aromatic rings. The van der Waals surface area contributed by atoms with E-state index in [0.29, 0.717) is 60.9 Å². The van der Waals surface area contributed by atoms with Crippen molar-refractivity contribution in [2.45, 2.75) is 76.5 Å². The fourth-order valence-electron chi connectivity index (χ4n) is 5.39. The monoisotopic (exact) mass is 549 g/mol. The number of carbonyl (C=O) groups excluding carboxylic acids is 1. The van der Waals surface area contributed by atoms with Gasteiger partial charge in [-0.15, -0.1) is 0 Å². The van der Waals surface area contributed by atoms with Crippen molar-refractivity contribution in [3.8, 4) is 0 Å². The highest BCUT2D eigenvalue weighted by Crippen LogP contribution is 2.43. The van der Waals surface area contributed by atoms with Crippen LogP contribution in [0.3, 0.4) is 0 Å². The first-order chi connectivity index (χ1) is 17.6. The third kappa shape index (κ3) is 5.32. The van der Waals surface area contributed by atoms with Gasteiger partial charge in [0.25, 0.3) is 0 Å². The van der Waals surface area contributed by atoms with Crippen LogP contribution in [0.15, 0.2) is 18.3 Å². The van der Waals surface area contributed by atoms with Gasteiger partial charge in [-0.25, -0.2) is 14.4 Å². The molecular formula is C25H30Cl2FN7O2. The maximum Gasteiger partial charge on any atom is 0.224 e. The second-order valence-corrected chi connectivity index (χ2v) is 11.2. The molecule has 2 fully saturated rings. The molecule has 2 aliphatic carbocycles. The molecule has 0 saturated heterocycles. The van der Waals surface area contributed by atoms with E-state index in [1.807, 2.05) is 11.5 Å². The largest absolute Gasteiger partial charge is 0.393 e. The maximum atomic E-state index is 13.8. The average Bonchev–Trinajstić information content (AvgIpc) is 3.19. The number of benzene rings is 1. The van der Waals surface area contributed by atoms with E-state index in [9.17, 15) is 14.3 Å². The normalized spacial score (nSPS) is 26.2. The Hall–Kier alpha value is -2.69. The number of nitrogens with two attached hydrogens (primary N) is 1. The number of rotatable bonds is 6. The Morgan fingerprint density at radius 1 is 1.19 bits per heavy atom. The van der Waals surface area contributed by atoms with Gasteiger partial charge in [0.15, 0.2) is 5.65 Å². The molecule has 2 aromatic heterocycles. The summed E-state index contributed by atoms with van der Waals surface area (Å²) in [6.07, 6.45) is 7.26. The van der Waals surface area contributed by atoms with Gasteiger partial charge in [-0.2, -0.15) is 4.98 Å². The van der Waals surface area contributed by atoms with Gasteiger partial charge in [0.05, 0.1) is 28.0 Å². The Balaban J connectivity index is 1.52. The average molecular weight is 550 g/mol. The fraction of sp³-hybridized carbons (Fsp3) is 0.520. The number of anilines is 3. The Morgan fingerprint density at radius 3 is 2.54 bits per heavy atom. The number of imidazole rings is 1. The summed E-state index contributed by atoms with van der Waals surface area (Å²) >= 11 is 12.6. The molecule has 1 aromatic carbocycles. The predicted molar refractivity (Wildman–Crippen MR) is 142 cm³/mol. The predicted octanol–water partition coefficient (Wildman–Crippen LogP) is 5.34. The molecule has 0 bridgehead atoms. The molecule has 9 nitrogen and oxygen atoms in total. The molecule has 12 heteroatoms. The molecule has 0 spiro atoms. The van der Waals surface area contributed by atoms with Crippen LogP contribution >= 0.6 is 23.2 Å². The van der Waals surface area contributed by atoms with Crippen molar-refractivity contribution >= 4 is 57.9 Å². The number of nitrogens with one attached hydrogen (secondary N) is 2. The van der Waals surface area contributed by atoms with E-state index in [4.69, 9.17) is 38.9 Å². The SMILES string of the molecule is C[C@]1(C(N)=O)CC[C@H](n2c(Nc3c(Cl)cc(F)cc3Cl)nc3cnc(N[C@H]4CCC[C@@H](O)C4)nc32)CC1. The van der Waals surface area contributed by atoms with Crippen LogP contribution in [-0.4, -0.2) is 42.7 Å². The summed E-state index contributed by atoms with van der Waals surface area (Å²) in [5.74, 6) is 0.0576. The number of halogens is 3. The van der Waals surface area contributed by atoms with E-state index in [1.165, 1.54) is 12.1 Å². The summed E-state index contributed by atoms with van der Waals surface area (Å²) in [4.78, 5) is 26.0. The van der Waals surface area contributed by atoms with E-state index >= 15 is 0 Å².